The Labute approximate surface area is 141 Å². The second-order valence-electron chi connectivity index (χ2n) is 5.58. The Kier molecular flexibility index (Phi) is 5.15. The number of aryl methyl sites for hydroxylation is 1. The van der Waals surface area contributed by atoms with Crippen molar-refractivity contribution in [3.8, 4) is 5.69 Å². The minimum absolute atomic E-state index is 0.201. The molecule has 1 unspecified atom stereocenters. The number of nitrogens with one attached hydrogen (secondary N) is 1. The molecule has 1 atom stereocenters. The number of hydrogen-bond donors (Lipinski definition) is 2. The molecule has 0 saturated carbocycles. The van der Waals surface area contributed by atoms with Gasteiger partial charge in [0, 0.05) is 6.04 Å². The van der Waals surface area contributed by atoms with Gasteiger partial charge in [0.25, 0.3) is 5.91 Å². The summed E-state index contributed by atoms with van der Waals surface area (Å²) in [5.74, 6) is -2.19. The number of aliphatic carboxylic acids is 1. The molecule has 0 aliphatic heterocycles. The smallest absolute Gasteiger partial charge is 0.434 e. The molecule has 0 spiro atoms. The van der Waals surface area contributed by atoms with Crippen LogP contribution in [-0.2, 0) is 11.0 Å². The summed E-state index contributed by atoms with van der Waals surface area (Å²) in [4.78, 5) is 22.8. The van der Waals surface area contributed by atoms with Crippen LogP contribution in [-0.4, -0.2) is 32.8 Å². The third-order valence-corrected chi connectivity index (χ3v) is 3.48. The number of para-hydroxylation sites is 1. The molecule has 6 nitrogen and oxygen atoms in total. The molecule has 0 aliphatic carbocycles. The van der Waals surface area contributed by atoms with E-state index >= 15 is 0 Å². The van der Waals surface area contributed by atoms with Crippen LogP contribution >= 0.6 is 0 Å². The van der Waals surface area contributed by atoms with Crippen LogP contribution in [0.15, 0.2) is 30.5 Å². The highest BCUT2D eigenvalue weighted by atomic mass is 19.4. The molecule has 2 rings (SSSR count). The summed E-state index contributed by atoms with van der Waals surface area (Å²) >= 11 is 0. The van der Waals surface area contributed by atoms with Crippen LogP contribution < -0.4 is 5.32 Å². The third kappa shape index (κ3) is 4.17. The van der Waals surface area contributed by atoms with Gasteiger partial charge in [0.1, 0.15) is 0 Å². The summed E-state index contributed by atoms with van der Waals surface area (Å²) in [5, 5.41) is 14.7. The Hall–Kier alpha value is -2.84. The molecule has 0 aliphatic rings. The predicted octanol–water partition coefficient (Wildman–Crippen LogP) is 2.79. The predicted molar refractivity (Wildman–Crippen MR) is 82.5 cm³/mol. The number of nitrogens with zero attached hydrogens (tertiary/aromatic N) is 2. The van der Waals surface area contributed by atoms with Crippen LogP contribution in [0.5, 0.6) is 0 Å². The maximum atomic E-state index is 13.5. The van der Waals surface area contributed by atoms with Gasteiger partial charge < -0.3 is 10.4 Å². The zero-order valence-electron chi connectivity index (χ0n) is 13.5. The van der Waals surface area contributed by atoms with Crippen LogP contribution in [0.1, 0.15) is 35.0 Å². The molecule has 1 amide bonds. The van der Waals surface area contributed by atoms with Crippen LogP contribution in [0.4, 0.5) is 13.2 Å². The topological polar surface area (TPSA) is 84.2 Å². The molecular weight excluding hydrogens is 339 g/mol. The number of carboxylic acid groups (broad SMARTS) is 1. The van der Waals surface area contributed by atoms with Gasteiger partial charge in [-0.2, -0.15) is 18.3 Å². The van der Waals surface area contributed by atoms with E-state index in [2.05, 4.69) is 10.4 Å². The highest BCUT2D eigenvalue weighted by molar-refractivity contribution is 5.95. The van der Waals surface area contributed by atoms with Crippen molar-refractivity contribution in [1.29, 1.82) is 0 Å². The number of carboxylic acids is 1. The molecule has 1 aromatic heterocycles. The highest BCUT2D eigenvalue weighted by Crippen LogP contribution is 2.34. The number of amides is 1. The van der Waals surface area contributed by atoms with Crippen molar-refractivity contribution in [1.82, 2.24) is 15.1 Å². The SMILES string of the molecule is Cc1ccccc1-n1ncc(C(=O)NC(C)CC(=O)O)c1C(F)(F)F. The monoisotopic (exact) mass is 355 g/mol. The van der Waals surface area contributed by atoms with Gasteiger partial charge in [-0.15, -0.1) is 0 Å². The molecule has 2 aromatic rings. The third-order valence-electron chi connectivity index (χ3n) is 3.48. The van der Waals surface area contributed by atoms with E-state index in [4.69, 9.17) is 5.11 Å². The van der Waals surface area contributed by atoms with Gasteiger partial charge in [0.15, 0.2) is 5.69 Å². The molecule has 134 valence electrons. The van der Waals surface area contributed by atoms with Crippen molar-refractivity contribution < 1.29 is 27.9 Å². The van der Waals surface area contributed by atoms with E-state index in [1.807, 2.05) is 0 Å². The van der Waals surface area contributed by atoms with Gasteiger partial charge in [-0.05, 0) is 25.5 Å². The first-order valence-electron chi connectivity index (χ1n) is 7.35. The molecule has 0 bridgehead atoms. The number of hydrogen-bond acceptors (Lipinski definition) is 3. The number of aromatic nitrogens is 2. The van der Waals surface area contributed by atoms with Crippen LogP contribution in [0.3, 0.4) is 0 Å². The van der Waals surface area contributed by atoms with E-state index in [1.54, 1.807) is 25.1 Å². The minimum atomic E-state index is -4.82. The fourth-order valence-corrected chi connectivity index (χ4v) is 2.39. The van der Waals surface area contributed by atoms with Gasteiger partial charge in [-0.25, -0.2) is 4.68 Å². The minimum Gasteiger partial charge on any atom is -0.481 e. The number of benzene rings is 1. The van der Waals surface area contributed by atoms with E-state index < -0.39 is 41.8 Å². The summed E-state index contributed by atoms with van der Waals surface area (Å²) in [6.07, 6.45) is -4.39. The number of halogens is 3. The Morgan fingerprint density at radius 1 is 1.32 bits per heavy atom. The summed E-state index contributed by atoms with van der Waals surface area (Å²) in [6, 6.07) is 5.52. The number of carbonyl (C=O) groups excluding carboxylic acids is 1. The van der Waals surface area contributed by atoms with Crippen molar-refractivity contribution in [2.45, 2.75) is 32.5 Å². The first-order chi connectivity index (χ1) is 11.6. The number of rotatable bonds is 5. The van der Waals surface area contributed by atoms with E-state index in [1.165, 1.54) is 13.0 Å². The Bertz CT molecular complexity index is 799. The van der Waals surface area contributed by atoms with E-state index in [-0.39, 0.29) is 5.69 Å². The Balaban J connectivity index is 2.45. The number of alkyl halides is 3. The van der Waals surface area contributed by atoms with Gasteiger partial charge in [-0.1, -0.05) is 18.2 Å². The van der Waals surface area contributed by atoms with Gasteiger partial charge in [0.2, 0.25) is 0 Å². The standard InChI is InChI=1S/C16H16F3N3O3/c1-9-5-3-4-6-12(9)22-14(16(17,18)19)11(8-20-22)15(25)21-10(2)7-13(23)24/h3-6,8,10H,7H2,1-2H3,(H,21,25)(H,23,24). The number of carbonyl (C=O) groups is 2. The van der Waals surface area contributed by atoms with Gasteiger partial charge in [0.05, 0.1) is 23.9 Å². The van der Waals surface area contributed by atoms with Crippen LogP contribution in [0.2, 0.25) is 0 Å². The van der Waals surface area contributed by atoms with Crippen molar-refractivity contribution in [2.24, 2.45) is 0 Å². The highest BCUT2D eigenvalue weighted by Gasteiger charge is 2.41. The summed E-state index contributed by atoms with van der Waals surface area (Å²) in [5.41, 5.74) is -1.11. The maximum Gasteiger partial charge on any atom is 0.434 e. The largest absolute Gasteiger partial charge is 0.481 e. The van der Waals surface area contributed by atoms with E-state index in [0.717, 1.165) is 6.20 Å². The van der Waals surface area contributed by atoms with E-state index in [9.17, 15) is 22.8 Å². The Morgan fingerprint density at radius 3 is 2.52 bits per heavy atom. The lowest BCUT2D eigenvalue weighted by molar-refractivity contribution is -0.143. The lowest BCUT2D eigenvalue weighted by Crippen LogP contribution is -2.35. The molecule has 25 heavy (non-hydrogen) atoms. The molecule has 0 radical (unpaired) electrons. The first kappa shape index (κ1) is 18.5. The lowest BCUT2D eigenvalue weighted by atomic mass is 10.1. The molecular formula is C16H16F3N3O3. The van der Waals surface area contributed by atoms with Gasteiger partial charge in [-0.3, -0.25) is 9.59 Å². The van der Waals surface area contributed by atoms with Crippen molar-refractivity contribution in [3.05, 3.63) is 47.3 Å². The molecule has 1 aromatic carbocycles. The van der Waals surface area contributed by atoms with Crippen molar-refractivity contribution >= 4 is 11.9 Å². The van der Waals surface area contributed by atoms with E-state index in [0.29, 0.717) is 10.2 Å². The molecule has 2 N–H and O–H groups in total. The molecule has 1 heterocycles. The second-order valence-corrected chi connectivity index (χ2v) is 5.58. The fourth-order valence-electron chi connectivity index (χ4n) is 2.39. The summed E-state index contributed by atoms with van der Waals surface area (Å²) in [6.45, 7) is 3.02. The fraction of sp³-hybridized carbons (Fsp3) is 0.312. The normalized spacial score (nSPS) is 12.7. The molecule has 0 fully saturated rings. The van der Waals surface area contributed by atoms with Crippen molar-refractivity contribution in [3.63, 3.8) is 0 Å². The average Bonchev–Trinajstić information content (AvgIpc) is 2.91. The second kappa shape index (κ2) is 6.96. The summed E-state index contributed by atoms with van der Waals surface area (Å²) in [7, 11) is 0. The first-order valence-corrected chi connectivity index (χ1v) is 7.35. The Morgan fingerprint density at radius 2 is 1.96 bits per heavy atom. The van der Waals surface area contributed by atoms with Crippen LogP contribution in [0.25, 0.3) is 5.69 Å². The maximum absolute atomic E-state index is 13.5. The molecule has 0 saturated heterocycles. The van der Waals surface area contributed by atoms with Crippen LogP contribution in [0, 0.1) is 6.92 Å². The lowest BCUT2D eigenvalue weighted by Gasteiger charge is -2.15. The van der Waals surface area contributed by atoms with Crippen molar-refractivity contribution in [2.75, 3.05) is 0 Å². The zero-order valence-corrected chi connectivity index (χ0v) is 13.5. The average molecular weight is 355 g/mol. The quantitative estimate of drug-likeness (QED) is 0.864. The van der Waals surface area contributed by atoms with Gasteiger partial charge >= 0.3 is 12.1 Å². The summed E-state index contributed by atoms with van der Waals surface area (Å²) < 4.78 is 41.3. The zero-order chi connectivity index (χ0) is 18.8. The molecule has 9 heteroatoms.